The molecule has 1 aromatic rings. The number of fused-ring (bicyclic) bond motifs is 1. The van der Waals surface area contributed by atoms with Crippen LogP contribution in [0.5, 0.6) is 5.75 Å². The van der Waals surface area contributed by atoms with Crippen molar-refractivity contribution in [3.63, 3.8) is 0 Å². The molecule has 1 aromatic carbocycles. The molecular formula is C17H25NO2. The van der Waals surface area contributed by atoms with Gasteiger partial charge in [0, 0.05) is 18.0 Å². The topological polar surface area (TPSA) is 41.5 Å². The smallest absolute Gasteiger partial charge is 0.129 e. The minimum Gasteiger partial charge on any atom is -0.487 e. The summed E-state index contributed by atoms with van der Waals surface area (Å²) in [5.41, 5.74) is 2.00. The van der Waals surface area contributed by atoms with Crippen LogP contribution in [0.2, 0.25) is 0 Å². The van der Waals surface area contributed by atoms with Crippen LogP contribution in [0.25, 0.3) is 0 Å². The highest BCUT2D eigenvalue weighted by atomic mass is 16.5. The highest BCUT2D eigenvalue weighted by molar-refractivity contribution is 5.47. The van der Waals surface area contributed by atoms with Gasteiger partial charge in [-0.3, -0.25) is 0 Å². The van der Waals surface area contributed by atoms with E-state index < -0.39 is 6.10 Å². The predicted octanol–water partition coefficient (Wildman–Crippen LogP) is 2.82. The average Bonchev–Trinajstić information content (AvgIpc) is 2.71. The second-order valence-electron chi connectivity index (χ2n) is 7.01. The van der Waals surface area contributed by atoms with Crippen LogP contribution in [-0.4, -0.2) is 23.3 Å². The van der Waals surface area contributed by atoms with E-state index in [0.717, 1.165) is 30.7 Å². The first-order valence-corrected chi connectivity index (χ1v) is 7.68. The summed E-state index contributed by atoms with van der Waals surface area (Å²) >= 11 is 0. The normalized spacial score (nSPS) is 29.6. The zero-order valence-corrected chi connectivity index (χ0v) is 12.6. The third kappa shape index (κ3) is 2.57. The zero-order chi connectivity index (χ0) is 14.3. The van der Waals surface area contributed by atoms with Gasteiger partial charge in [-0.05, 0) is 44.7 Å². The average molecular weight is 275 g/mol. The molecule has 0 aromatic heterocycles. The summed E-state index contributed by atoms with van der Waals surface area (Å²) in [6, 6.07) is 6.29. The van der Waals surface area contributed by atoms with Crippen molar-refractivity contribution in [1.29, 1.82) is 0 Å². The van der Waals surface area contributed by atoms with Crippen molar-refractivity contribution in [3.8, 4) is 5.75 Å². The minimum atomic E-state index is -0.485. The van der Waals surface area contributed by atoms with Crippen LogP contribution >= 0.6 is 0 Å². The highest BCUT2D eigenvalue weighted by Gasteiger charge is 2.35. The zero-order valence-electron chi connectivity index (χ0n) is 12.6. The van der Waals surface area contributed by atoms with Crippen molar-refractivity contribution in [2.75, 3.05) is 6.54 Å². The molecule has 0 aliphatic carbocycles. The van der Waals surface area contributed by atoms with Crippen LogP contribution in [0.1, 0.15) is 50.8 Å². The Bertz CT molecular complexity index is 498. The van der Waals surface area contributed by atoms with Crippen molar-refractivity contribution in [3.05, 3.63) is 29.3 Å². The molecule has 0 radical (unpaired) electrons. The summed E-state index contributed by atoms with van der Waals surface area (Å²) < 4.78 is 6.08. The number of rotatable bonds is 2. The van der Waals surface area contributed by atoms with Gasteiger partial charge < -0.3 is 15.2 Å². The Morgan fingerprint density at radius 3 is 2.95 bits per heavy atom. The van der Waals surface area contributed by atoms with Crippen molar-refractivity contribution >= 4 is 0 Å². The first-order valence-electron chi connectivity index (χ1n) is 7.68. The van der Waals surface area contributed by atoms with E-state index in [4.69, 9.17) is 4.74 Å². The summed E-state index contributed by atoms with van der Waals surface area (Å²) in [6.07, 6.45) is 2.65. The van der Waals surface area contributed by atoms with E-state index in [1.807, 2.05) is 12.1 Å². The number of nitrogens with one attached hydrogen (secondary N) is 1. The predicted molar refractivity (Wildman–Crippen MR) is 80.0 cm³/mol. The molecule has 1 fully saturated rings. The van der Waals surface area contributed by atoms with E-state index in [9.17, 15) is 5.11 Å². The Morgan fingerprint density at radius 1 is 1.40 bits per heavy atom. The van der Waals surface area contributed by atoms with Gasteiger partial charge >= 0.3 is 0 Å². The fourth-order valence-electron chi connectivity index (χ4n) is 3.48. The molecule has 1 saturated heterocycles. The third-order valence-corrected chi connectivity index (χ3v) is 4.52. The van der Waals surface area contributed by atoms with Crippen molar-refractivity contribution in [1.82, 2.24) is 5.32 Å². The monoisotopic (exact) mass is 275 g/mol. The molecule has 0 spiro atoms. The van der Waals surface area contributed by atoms with Gasteiger partial charge in [-0.2, -0.15) is 0 Å². The van der Waals surface area contributed by atoms with E-state index in [1.165, 1.54) is 12.0 Å². The molecule has 110 valence electrons. The lowest BCUT2D eigenvalue weighted by atomic mass is 9.88. The maximum Gasteiger partial charge on any atom is 0.129 e. The number of aliphatic hydroxyl groups excluding tert-OH is 1. The Balaban J connectivity index is 1.86. The van der Waals surface area contributed by atoms with Gasteiger partial charge in [-0.25, -0.2) is 0 Å². The summed E-state index contributed by atoms with van der Waals surface area (Å²) in [5, 5.41) is 14.2. The van der Waals surface area contributed by atoms with Gasteiger partial charge in [0.2, 0.25) is 0 Å². The number of benzene rings is 1. The maximum absolute atomic E-state index is 10.8. The standard InChI is InChI=1S/C17H25NO2/c1-11-7-8-18-14(9-11)15(19)13-6-4-5-12-10-17(2,3)20-16(12)13/h4-6,11,14-15,18-19H,7-10H2,1-3H3. The Hall–Kier alpha value is -1.06. The van der Waals surface area contributed by atoms with E-state index in [2.05, 4.69) is 32.2 Å². The molecule has 2 aliphatic rings. The highest BCUT2D eigenvalue weighted by Crippen LogP contribution is 2.41. The molecule has 2 N–H and O–H groups in total. The quantitative estimate of drug-likeness (QED) is 0.872. The van der Waals surface area contributed by atoms with Gasteiger partial charge in [0.05, 0.1) is 6.10 Å². The van der Waals surface area contributed by atoms with Crippen LogP contribution in [0.4, 0.5) is 0 Å². The molecule has 3 rings (SSSR count). The van der Waals surface area contributed by atoms with E-state index in [-0.39, 0.29) is 11.6 Å². The van der Waals surface area contributed by atoms with Gasteiger partial charge in [0.25, 0.3) is 0 Å². The molecule has 0 bridgehead atoms. The Morgan fingerprint density at radius 2 is 2.20 bits per heavy atom. The summed E-state index contributed by atoms with van der Waals surface area (Å²) in [5.74, 6) is 1.58. The molecule has 2 heterocycles. The number of piperidine rings is 1. The van der Waals surface area contributed by atoms with Gasteiger partial charge in [-0.1, -0.05) is 25.1 Å². The summed E-state index contributed by atoms with van der Waals surface area (Å²) in [6.45, 7) is 7.45. The molecule has 0 saturated carbocycles. The molecular weight excluding hydrogens is 250 g/mol. The number of hydrogen-bond acceptors (Lipinski definition) is 3. The van der Waals surface area contributed by atoms with E-state index in [1.54, 1.807) is 0 Å². The number of ether oxygens (including phenoxy) is 1. The Labute approximate surface area is 121 Å². The van der Waals surface area contributed by atoms with Gasteiger partial charge in [0.15, 0.2) is 0 Å². The van der Waals surface area contributed by atoms with Crippen molar-refractivity contribution in [2.24, 2.45) is 5.92 Å². The van der Waals surface area contributed by atoms with E-state index in [0.29, 0.717) is 5.92 Å². The summed E-state index contributed by atoms with van der Waals surface area (Å²) in [4.78, 5) is 0. The lowest BCUT2D eigenvalue weighted by Crippen LogP contribution is -2.41. The lowest BCUT2D eigenvalue weighted by Gasteiger charge is -2.32. The van der Waals surface area contributed by atoms with Crippen LogP contribution in [0.3, 0.4) is 0 Å². The largest absolute Gasteiger partial charge is 0.487 e. The first kappa shape index (κ1) is 13.9. The summed E-state index contributed by atoms with van der Waals surface area (Å²) in [7, 11) is 0. The molecule has 3 heteroatoms. The molecule has 20 heavy (non-hydrogen) atoms. The maximum atomic E-state index is 10.8. The minimum absolute atomic E-state index is 0.137. The Kier molecular flexibility index (Phi) is 3.51. The van der Waals surface area contributed by atoms with Crippen molar-refractivity contribution < 1.29 is 9.84 Å². The van der Waals surface area contributed by atoms with Crippen LogP contribution in [0, 0.1) is 5.92 Å². The van der Waals surface area contributed by atoms with Crippen molar-refractivity contribution in [2.45, 2.75) is 57.8 Å². The second-order valence-corrected chi connectivity index (χ2v) is 7.01. The fourth-order valence-corrected chi connectivity index (χ4v) is 3.48. The third-order valence-electron chi connectivity index (χ3n) is 4.52. The molecule has 3 atom stereocenters. The molecule has 3 nitrogen and oxygen atoms in total. The van der Waals surface area contributed by atoms with Gasteiger partial charge in [0.1, 0.15) is 11.4 Å². The molecule has 0 amide bonds. The van der Waals surface area contributed by atoms with Crippen LogP contribution in [0.15, 0.2) is 18.2 Å². The fraction of sp³-hybridized carbons (Fsp3) is 0.647. The van der Waals surface area contributed by atoms with Crippen LogP contribution < -0.4 is 10.1 Å². The first-order chi connectivity index (χ1) is 9.46. The number of aliphatic hydroxyl groups is 1. The molecule has 2 aliphatic heterocycles. The number of para-hydroxylation sites is 1. The molecule has 3 unspecified atom stereocenters. The van der Waals surface area contributed by atoms with E-state index >= 15 is 0 Å². The SMILES string of the molecule is CC1CCNC(C(O)c2cccc3c2OC(C)(C)C3)C1. The van der Waals surface area contributed by atoms with Gasteiger partial charge in [-0.15, -0.1) is 0 Å². The second kappa shape index (κ2) is 5.05. The van der Waals surface area contributed by atoms with Crippen LogP contribution in [-0.2, 0) is 6.42 Å². The lowest BCUT2D eigenvalue weighted by molar-refractivity contribution is 0.0905. The number of hydrogen-bond donors (Lipinski definition) is 2.